The zero-order valence-electron chi connectivity index (χ0n) is 14.5. The molecule has 0 aliphatic carbocycles. The molecule has 1 aliphatic heterocycles. The van der Waals surface area contributed by atoms with Crippen LogP contribution in [0.5, 0.6) is 5.75 Å². The number of carbonyl (C=O) groups excluding carboxylic acids is 2. The lowest BCUT2D eigenvalue weighted by Gasteiger charge is -2.28. The van der Waals surface area contributed by atoms with Gasteiger partial charge in [-0.1, -0.05) is 26.0 Å². The maximum absolute atomic E-state index is 12.5. The van der Waals surface area contributed by atoms with Crippen LogP contribution < -0.4 is 15.4 Å². The molecule has 1 aromatic carbocycles. The summed E-state index contributed by atoms with van der Waals surface area (Å²) in [5.41, 5.74) is 1.68. The average molecular weight is 332 g/mol. The van der Waals surface area contributed by atoms with Crippen molar-refractivity contribution in [3.8, 4) is 5.75 Å². The Bertz CT molecular complexity index is 652. The van der Waals surface area contributed by atoms with E-state index in [1.54, 1.807) is 6.92 Å². The summed E-state index contributed by atoms with van der Waals surface area (Å²) in [6, 6.07) is 6.42. The number of esters is 1. The van der Waals surface area contributed by atoms with Gasteiger partial charge in [0.05, 0.1) is 24.8 Å². The summed E-state index contributed by atoms with van der Waals surface area (Å²) >= 11 is 0. The van der Waals surface area contributed by atoms with Crippen LogP contribution in [0.15, 0.2) is 35.5 Å². The standard InChI is InChI=1S/C18H24N2O4/c1-5-23-14-8-6-7-13(9-14)16-15(12(4)19-18(22)20-16)17(21)24-10-11(2)3/h6-9,11,16H,5,10H2,1-4H3,(H2,19,20,22)/t16-/m1/s1. The highest BCUT2D eigenvalue weighted by Crippen LogP contribution is 2.29. The van der Waals surface area contributed by atoms with Crippen molar-refractivity contribution in [1.29, 1.82) is 0 Å². The number of ether oxygens (including phenoxy) is 2. The first kappa shape index (κ1) is 17.8. The smallest absolute Gasteiger partial charge is 0.338 e. The van der Waals surface area contributed by atoms with Crippen LogP contribution in [0.4, 0.5) is 4.79 Å². The van der Waals surface area contributed by atoms with E-state index in [0.717, 1.165) is 5.56 Å². The number of urea groups is 1. The van der Waals surface area contributed by atoms with Gasteiger partial charge in [-0.2, -0.15) is 0 Å². The molecule has 0 unspecified atom stereocenters. The maximum atomic E-state index is 12.5. The Balaban J connectivity index is 2.34. The number of allylic oxidation sites excluding steroid dienone is 1. The van der Waals surface area contributed by atoms with Crippen LogP contribution in [0, 0.1) is 5.92 Å². The van der Waals surface area contributed by atoms with Gasteiger partial charge in [0.25, 0.3) is 0 Å². The molecule has 130 valence electrons. The number of rotatable bonds is 6. The van der Waals surface area contributed by atoms with E-state index in [1.807, 2.05) is 45.0 Å². The van der Waals surface area contributed by atoms with Gasteiger partial charge in [0.2, 0.25) is 0 Å². The third-order valence-corrected chi connectivity index (χ3v) is 3.54. The fourth-order valence-electron chi connectivity index (χ4n) is 2.49. The monoisotopic (exact) mass is 332 g/mol. The Morgan fingerprint density at radius 1 is 1.33 bits per heavy atom. The minimum Gasteiger partial charge on any atom is -0.494 e. The van der Waals surface area contributed by atoms with Gasteiger partial charge in [0.1, 0.15) is 5.75 Å². The third kappa shape index (κ3) is 4.28. The van der Waals surface area contributed by atoms with Crippen molar-refractivity contribution in [2.24, 2.45) is 5.92 Å². The Labute approximate surface area is 142 Å². The second kappa shape index (κ2) is 7.86. The first-order valence-corrected chi connectivity index (χ1v) is 8.10. The molecule has 1 aromatic rings. The normalized spacial score (nSPS) is 17.4. The van der Waals surface area contributed by atoms with E-state index in [-0.39, 0.29) is 11.9 Å². The number of carbonyl (C=O) groups is 2. The van der Waals surface area contributed by atoms with E-state index in [4.69, 9.17) is 9.47 Å². The lowest BCUT2D eigenvalue weighted by molar-refractivity contribution is -0.140. The highest BCUT2D eigenvalue weighted by atomic mass is 16.5. The first-order chi connectivity index (χ1) is 11.4. The molecule has 0 fully saturated rings. The quantitative estimate of drug-likeness (QED) is 0.785. The lowest BCUT2D eigenvalue weighted by atomic mass is 9.95. The lowest BCUT2D eigenvalue weighted by Crippen LogP contribution is -2.45. The van der Waals surface area contributed by atoms with Crippen molar-refractivity contribution in [2.75, 3.05) is 13.2 Å². The maximum Gasteiger partial charge on any atom is 0.338 e. The fourth-order valence-corrected chi connectivity index (χ4v) is 2.49. The van der Waals surface area contributed by atoms with Crippen LogP contribution in [-0.4, -0.2) is 25.2 Å². The average Bonchev–Trinajstić information content (AvgIpc) is 2.52. The molecule has 1 heterocycles. The summed E-state index contributed by atoms with van der Waals surface area (Å²) in [6.45, 7) is 8.41. The van der Waals surface area contributed by atoms with Gasteiger partial charge < -0.3 is 20.1 Å². The van der Waals surface area contributed by atoms with Gasteiger partial charge in [0.15, 0.2) is 0 Å². The molecule has 6 nitrogen and oxygen atoms in total. The third-order valence-electron chi connectivity index (χ3n) is 3.54. The molecule has 1 aliphatic rings. The summed E-state index contributed by atoms with van der Waals surface area (Å²) < 4.78 is 10.9. The zero-order chi connectivity index (χ0) is 17.7. The van der Waals surface area contributed by atoms with Crippen LogP contribution in [0.3, 0.4) is 0 Å². The first-order valence-electron chi connectivity index (χ1n) is 8.10. The van der Waals surface area contributed by atoms with E-state index in [0.29, 0.717) is 30.2 Å². The van der Waals surface area contributed by atoms with E-state index >= 15 is 0 Å². The fraction of sp³-hybridized carbons (Fsp3) is 0.444. The molecule has 0 aromatic heterocycles. The highest BCUT2D eigenvalue weighted by molar-refractivity contribution is 5.95. The largest absolute Gasteiger partial charge is 0.494 e. The Hall–Kier alpha value is -2.50. The van der Waals surface area contributed by atoms with Gasteiger partial charge in [0, 0.05) is 5.70 Å². The summed E-state index contributed by atoms with van der Waals surface area (Å²) in [7, 11) is 0. The number of benzene rings is 1. The van der Waals surface area contributed by atoms with Gasteiger partial charge in [-0.05, 0) is 37.5 Å². The van der Waals surface area contributed by atoms with Crippen LogP contribution in [0.2, 0.25) is 0 Å². The molecular weight excluding hydrogens is 308 g/mol. The second-order valence-corrected chi connectivity index (χ2v) is 6.07. The Morgan fingerprint density at radius 2 is 2.08 bits per heavy atom. The number of hydrogen-bond donors (Lipinski definition) is 2. The minimum atomic E-state index is -0.571. The molecule has 0 bridgehead atoms. The Morgan fingerprint density at radius 3 is 2.75 bits per heavy atom. The van der Waals surface area contributed by atoms with Crippen molar-refractivity contribution in [3.63, 3.8) is 0 Å². The van der Waals surface area contributed by atoms with Crippen molar-refractivity contribution >= 4 is 12.0 Å². The van der Waals surface area contributed by atoms with Gasteiger partial charge in [-0.3, -0.25) is 0 Å². The highest BCUT2D eigenvalue weighted by Gasteiger charge is 2.32. The molecular formula is C18H24N2O4. The van der Waals surface area contributed by atoms with Crippen molar-refractivity contribution in [2.45, 2.75) is 33.7 Å². The van der Waals surface area contributed by atoms with E-state index < -0.39 is 12.0 Å². The van der Waals surface area contributed by atoms with Crippen LogP contribution >= 0.6 is 0 Å². The number of nitrogens with one attached hydrogen (secondary N) is 2. The zero-order valence-corrected chi connectivity index (χ0v) is 14.5. The van der Waals surface area contributed by atoms with Crippen molar-refractivity contribution in [3.05, 3.63) is 41.1 Å². The predicted molar refractivity (Wildman–Crippen MR) is 90.5 cm³/mol. The molecule has 0 radical (unpaired) electrons. The number of hydrogen-bond acceptors (Lipinski definition) is 4. The summed E-state index contributed by atoms with van der Waals surface area (Å²) in [6.07, 6.45) is 0. The topological polar surface area (TPSA) is 76.7 Å². The Kier molecular flexibility index (Phi) is 5.84. The molecule has 2 rings (SSSR count). The summed E-state index contributed by atoms with van der Waals surface area (Å²) in [5, 5.41) is 5.42. The van der Waals surface area contributed by atoms with Gasteiger partial charge in [-0.15, -0.1) is 0 Å². The molecule has 2 amide bonds. The van der Waals surface area contributed by atoms with E-state index in [1.165, 1.54) is 0 Å². The molecule has 0 saturated carbocycles. The summed E-state index contributed by atoms with van der Waals surface area (Å²) in [5.74, 6) is 0.497. The van der Waals surface area contributed by atoms with Crippen molar-refractivity contribution in [1.82, 2.24) is 10.6 Å². The minimum absolute atomic E-state index is 0.237. The summed E-state index contributed by atoms with van der Waals surface area (Å²) in [4.78, 5) is 24.4. The number of amides is 2. The van der Waals surface area contributed by atoms with Gasteiger partial charge in [-0.25, -0.2) is 9.59 Å². The van der Waals surface area contributed by atoms with Crippen LogP contribution in [0.1, 0.15) is 39.3 Å². The molecule has 6 heteroatoms. The molecule has 2 N–H and O–H groups in total. The SMILES string of the molecule is CCOc1cccc([C@H]2NC(=O)NC(C)=C2C(=O)OCC(C)C)c1. The van der Waals surface area contributed by atoms with E-state index in [9.17, 15) is 9.59 Å². The molecule has 0 spiro atoms. The molecule has 0 saturated heterocycles. The van der Waals surface area contributed by atoms with Gasteiger partial charge >= 0.3 is 12.0 Å². The second-order valence-electron chi connectivity index (χ2n) is 6.07. The molecule has 24 heavy (non-hydrogen) atoms. The van der Waals surface area contributed by atoms with E-state index in [2.05, 4.69) is 10.6 Å². The predicted octanol–water partition coefficient (Wildman–Crippen LogP) is 2.91. The van der Waals surface area contributed by atoms with Crippen LogP contribution in [0.25, 0.3) is 0 Å². The van der Waals surface area contributed by atoms with Crippen LogP contribution in [-0.2, 0) is 9.53 Å². The van der Waals surface area contributed by atoms with Crippen molar-refractivity contribution < 1.29 is 19.1 Å². The molecule has 1 atom stereocenters.